The molecule has 0 saturated carbocycles. The Bertz CT molecular complexity index is 706. The molecule has 0 aromatic heterocycles. The van der Waals surface area contributed by atoms with Gasteiger partial charge in [-0.2, -0.15) is 13.2 Å². The standard InChI is InChI=1S/C18H25F4NO4S/c1-6-26-15(24)14(27-11-18(20,21)22)17(5,23-28(25)16(2,3)4)12-9-7-8-10-13(12)19/h7-10,14,23H,6,11H2,1-5H3/t14-,17+,28+/m0/s1. The molecule has 0 heterocycles. The molecule has 28 heavy (non-hydrogen) atoms. The zero-order valence-electron chi connectivity index (χ0n) is 16.4. The molecule has 5 nitrogen and oxygen atoms in total. The minimum absolute atomic E-state index is 0.125. The van der Waals surface area contributed by atoms with Crippen molar-refractivity contribution in [3.05, 3.63) is 35.6 Å². The fourth-order valence-corrected chi connectivity index (χ4v) is 3.25. The van der Waals surface area contributed by atoms with Crippen LogP contribution in [0.4, 0.5) is 17.6 Å². The van der Waals surface area contributed by atoms with E-state index in [1.807, 2.05) is 0 Å². The average molecular weight is 427 g/mol. The number of carbonyl (C=O) groups is 1. The van der Waals surface area contributed by atoms with E-state index in [9.17, 15) is 26.6 Å². The van der Waals surface area contributed by atoms with Crippen LogP contribution in [0.2, 0.25) is 0 Å². The van der Waals surface area contributed by atoms with E-state index in [0.29, 0.717) is 0 Å². The van der Waals surface area contributed by atoms with Gasteiger partial charge in [0.1, 0.15) is 12.4 Å². The van der Waals surface area contributed by atoms with Gasteiger partial charge in [0, 0.05) is 5.56 Å². The normalized spacial score (nSPS) is 16.9. The van der Waals surface area contributed by atoms with Crippen LogP contribution in [0.5, 0.6) is 0 Å². The average Bonchev–Trinajstić information content (AvgIpc) is 2.53. The Hall–Kier alpha value is -1.52. The maximum atomic E-state index is 14.5. The Morgan fingerprint density at radius 1 is 1.18 bits per heavy atom. The lowest BCUT2D eigenvalue weighted by Crippen LogP contribution is -2.58. The number of carbonyl (C=O) groups excluding carboxylic acids is 1. The van der Waals surface area contributed by atoms with E-state index in [1.54, 1.807) is 20.8 Å². The van der Waals surface area contributed by atoms with Gasteiger partial charge in [-0.3, -0.25) is 0 Å². The molecule has 0 aliphatic carbocycles. The van der Waals surface area contributed by atoms with E-state index in [2.05, 4.69) is 4.72 Å². The summed E-state index contributed by atoms with van der Waals surface area (Å²) in [5.41, 5.74) is -2.08. The molecular weight excluding hydrogens is 402 g/mol. The smallest absolute Gasteiger partial charge is 0.411 e. The molecule has 1 N–H and O–H groups in total. The maximum absolute atomic E-state index is 14.5. The number of alkyl halides is 3. The topological polar surface area (TPSA) is 64.6 Å². The van der Waals surface area contributed by atoms with E-state index in [0.717, 1.165) is 6.07 Å². The predicted octanol–water partition coefficient (Wildman–Crippen LogP) is 3.60. The summed E-state index contributed by atoms with van der Waals surface area (Å²) in [6.45, 7) is 5.70. The van der Waals surface area contributed by atoms with Gasteiger partial charge in [0.2, 0.25) is 0 Å². The minimum Gasteiger partial charge on any atom is -0.464 e. The summed E-state index contributed by atoms with van der Waals surface area (Å²) >= 11 is 0. The highest BCUT2D eigenvalue weighted by Crippen LogP contribution is 2.33. The van der Waals surface area contributed by atoms with Gasteiger partial charge >= 0.3 is 12.1 Å². The first-order chi connectivity index (χ1) is 12.7. The van der Waals surface area contributed by atoms with Crippen LogP contribution in [0, 0.1) is 5.82 Å². The lowest BCUT2D eigenvalue weighted by Gasteiger charge is -2.38. The quantitative estimate of drug-likeness (QED) is 0.509. The second-order valence-electron chi connectivity index (χ2n) is 7.22. The van der Waals surface area contributed by atoms with Crippen molar-refractivity contribution in [1.29, 1.82) is 0 Å². The molecule has 0 saturated heterocycles. The summed E-state index contributed by atoms with van der Waals surface area (Å²) in [5.74, 6) is -1.93. The molecule has 0 bridgehead atoms. The number of hydrogen-bond donors (Lipinski definition) is 1. The molecule has 1 rings (SSSR count). The summed E-state index contributed by atoms with van der Waals surface area (Å²) < 4.78 is 77.0. The largest absolute Gasteiger partial charge is 0.464 e. The lowest BCUT2D eigenvalue weighted by atomic mass is 9.86. The fourth-order valence-electron chi connectivity index (χ4n) is 2.34. The SMILES string of the molecule is CCOC(=O)[C@H](OCC(F)(F)F)[C@](C)(N[S@](=O)C(C)(C)C)c1ccccc1F. The highest BCUT2D eigenvalue weighted by atomic mass is 32.2. The summed E-state index contributed by atoms with van der Waals surface area (Å²) in [7, 11) is -1.87. The fraction of sp³-hybridized carbons (Fsp3) is 0.611. The summed E-state index contributed by atoms with van der Waals surface area (Å²) in [6, 6.07) is 5.20. The van der Waals surface area contributed by atoms with Gasteiger partial charge in [0.05, 0.1) is 27.9 Å². The molecule has 10 heteroatoms. The molecule has 0 spiro atoms. The monoisotopic (exact) mass is 427 g/mol. The van der Waals surface area contributed by atoms with Crippen molar-refractivity contribution in [3.8, 4) is 0 Å². The molecule has 3 atom stereocenters. The van der Waals surface area contributed by atoms with Gasteiger partial charge < -0.3 is 9.47 Å². The Labute approximate surface area is 164 Å². The molecule has 1 aromatic carbocycles. The number of nitrogens with one attached hydrogen (secondary N) is 1. The van der Waals surface area contributed by atoms with Crippen molar-refractivity contribution in [1.82, 2.24) is 4.72 Å². The first kappa shape index (κ1) is 24.5. The van der Waals surface area contributed by atoms with Crippen LogP contribution in [0.25, 0.3) is 0 Å². The zero-order chi connectivity index (χ0) is 21.8. The van der Waals surface area contributed by atoms with E-state index in [4.69, 9.17) is 9.47 Å². The van der Waals surface area contributed by atoms with Gasteiger partial charge in [-0.1, -0.05) is 18.2 Å². The summed E-state index contributed by atoms with van der Waals surface area (Å²) in [4.78, 5) is 12.4. The van der Waals surface area contributed by atoms with Crippen LogP contribution in [0.3, 0.4) is 0 Å². The van der Waals surface area contributed by atoms with Crippen LogP contribution in [0.1, 0.15) is 40.2 Å². The third-order valence-electron chi connectivity index (χ3n) is 3.73. The molecule has 0 aliphatic heterocycles. The summed E-state index contributed by atoms with van der Waals surface area (Å²) in [6.07, 6.45) is -6.64. The van der Waals surface area contributed by atoms with Crippen LogP contribution in [-0.4, -0.2) is 40.4 Å². The van der Waals surface area contributed by atoms with Crippen molar-refractivity contribution in [2.24, 2.45) is 0 Å². The highest BCUT2D eigenvalue weighted by Gasteiger charge is 2.48. The Morgan fingerprint density at radius 2 is 1.75 bits per heavy atom. The molecule has 1 aromatic rings. The van der Waals surface area contributed by atoms with E-state index < -0.39 is 51.9 Å². The molecule has 0 unspecified atom stereocenters. The molecule has 0 aliphatic rings. The maximum Gasteiger partial charge on any atom is 0.411 e. The molecule has 0 amide bonds. The first-order valence-electron chi connectivity index (χ1n) is 8.52. The minimum atomic E-state index is -4.73. The molecule has 160 valence electrons. The predicted molar refractivity (Wildman–Crippen MR) is 97.2 cm³/mol. The second-order valence-corrected chi connectivity index (χ2v) is 9.19. The number of hydrogen-bond acceptors (Lipinski definition) is 4. The van der Waals surface area contributed by atoms with Crippen molar-refractivity contribution >= 4 is 17.0 Å². The van der Waals surface area contributed by atoms with Gasteiger partial charge in [0.25, 0.3) is 0 Å². The Kier molecular flexibility index (Phi) is 8.16. The van der Waals surface area contributed by atoms with E-state index in [1.165, 1.54) is 32.0 Å². The number of halogens is 4. The van der Waals surface area contributed by atoms with Crippen LogP contribution >= 0.6 is 0 Å². The lowest BCUT2D eigenvalue weighted by molar-refractivity contribution is -0.202. The number of benzene rings is 1. The number of ether oxygens (including phenoxy) is 2. The van der Waals surface area contributed by atoms with Gasteiger partial charge in [-0.25, -0.2) is 18.1 Å². The van der Waals surface area contributed by atoms with Crippen LogP contribution in [0.15, 0.2) is 24.3 Å². The third-order valence-corrected chi connectivity index (χ3v) is 5.45. The van der Waals surface area contributed by atoms with Crippen LogP contribution in [-0.2, 0) is 30.8 Å². The second kappa shape index (κ2) is 9.32. The molecule has 0 fully saturated rings. The Balaban J connectivity index is 3.51. The van der Waals surface area contributed by atoms with Crippen molar-refractivity contribution in [2.75, 3.05) is 13.2 Å². The van der Waals surface area contributed by atoms with Crippen molar-refractivity contribution in [3.63, 3.8) is 0 Å². The first-order valence-corrected chi connectivity index (χ1v) is 9.67. The van der Waals surface area contributed by atoms with Gasteiger partial charge in [-0.15, -0.1) is 0 Å². The van der Waals surface area contributed by atoms with Gasteiger partial charge in [-0.05, 0) is 40.7 Å². The third kappa shape index (κ3) is 6.52. The number of esters is 1. The molecular formula is C18H25F4NO4S. The summed E-state index contributed by atoms with van der Waals surface area (Å²) in [5, 5.41) is 0. The van der Waals surface area contributed by atoms with Gasteiger partial charge in [0.15, 0.2) is 6.10 Å². The van der Waals surface area contributed by atoms with Crippen molar-refractivity contribution < 1.29 is 36.0 Å². The number of rotatable bonds is 8. The van der Waals surface area contributed by atoms with Crippen LogP contribution < -0.4 is 4.72 Å². The van der Waals surface area contributed by atoms with E-state index in [-0.39, 0.29) is 12.2 Å². The molecule has 0 radical (unpaired) electrons. The zero-order valence-corrected chi connectivity index (χ0v) is 17.2. The van der Waals surface area contributed by atoms with Crippen molar-refractivity contribution in [2.45, 2.75) is 57.2 Å². The van der Waals surface area contributed by atoms with E-state index >= 15 is 0 Å². The Morgan fingerprint density at radius 3 is 2.21 bits per heavy atom. The highest BCUT2D eigenvalue weighted by molar-refractivity contribution is 7.84.